The highest BCUT2D eigenvalue weighted by Gasteiger charge is 2.26. The van der Waals surface area contributed by atoms with E-state index in [-0.39, 0.29) is 11.5 Å². The van der Waals surface area contributed by atoms with E-state index in [0.717, 1.165) is 6.42 Å². The third-order valence-corrected chi connectivity index (χ3v) is 2.04. The highest BCUT2D eigenvalue weighted by molar-refractivity contribution is 5.80. The zero-order valence-corrected chi connectivity index (χ0v) is 10.3. The van der Waals surface area contributed by atoms with Crippen LogP contribution in [0.2, 0.25) is 0 Å². The molecule has 0 saturated heterocycles. The molecule has 82 valence electrons. The molecule has 2 heteroatoms. The molecule has 1 atom stereocenters. The minimum Gasteiger partial charge on any atom is -0.376 e. The molecule has 0 amide bonds. The smallest absolute Gasteiger partial charge is 0.0880 e. The lowest BCUT2D eigenvalue weighted by atomic mass is 9.84. The van der Waals surface area contributed by atoms with Crippen LogP contribution in [0, 0.1) is 5.41 Å². The van der Waals surface area contributed by atoms with Gasteiger partial charge in [-0.05, 0) is 17.4 Å². The monoisotopic (exact) mass is 197 g/mol. The standard InChI is InChI=1S/C12H23NO/c1-7-8-10(9-13-5)11(14-6)12(2,3)4/h8-9,11H,7H2,1-6H3/b10-8+,13-9?. The summed E-state index contributed by atoms with van der Waals surface area (Å²) >= 11 is 0. The second kappa shape index (κ2) is 5.97. The Labute approximate surface area is 88.1 Å². The minimum absolute atomic E-state index is 0.108. The summed E-state index contributed by atoms with van der Waals surface area (Å²) in [6, 6.07) is 0. The van der Waals surface area contributed by atoms with Gasteiger partial charge in [0.25, 0.3) is 0 Å². The molecule has 0 rings (SSSR count). The van der Waals surface area contributed by atoms with E-state index in [2.05, 4.69) is 38.8 Å². The van der Waals surface area contributed by atoms with Gasteiger partial charge in [-0.2, -0.15) is 0 Å². The van der Waals surface area contributed by atoms with Crippen LogP contribution in [0.5, 0.6) is 0 Å². The van der Waals surface area contributed by atoms with Gasteiger partial charge >= 0.3 is 0 Å². The largest absolute Gasteiger partial charge is 0.376 e. The first-order valence-electron chi connectivity index (χ1n) is 5.12. The zero-order valence-electron chi connectivity index (χ0n) is 10.3. The molecule has 1 unspecified atom stereocenters. The van der Waals surface area contributed by atoms with Crippen molar-refractivity contribution in [2.45, 2.75) is 40.2 Å². The quantitative estimate of drug-likeness (QED) is 0.635. The fourth-order valence-corrected chi connectivity index (χ4v) is 1.60. The molecular formula is C12H23NO. The first-order valence-corrected chi connectivity index (χ1v) is 5.12. The number of aliphatic imine (C=N–C) groups is 1. The number of hydrogen-bond donors (Lipinski definition) is 0. The average Bonchev–Trinajstić information content (AvgIpc) is 2.03. The lowest BCUT2D eigenvalue weighted by molar-refractivity contribution is 0.0490. The molecule has 0 saturated carbocycles. The molecule has 0 N–H and O–H groups in total. The molecule has 0 aromatic carbocycles. The van der Waals surface area contributed by atoms with E-state index in [4.69, 9.17) is 4.74 Å². The van der Waals surface area contributed by atoms with E-state index in [1.54, 1.807) is 14.2 Å². The fraction of sp³-hybridized carbons (Fsp3) is 0.750. The maximum atomic E-state index is 5.52. The Hall–Kier alpha value is -0.630. The van der Waals surface area contributed by atoms with Crippen molar-refractivity contribution in [3.05, 3.63) is 11.6 Å². The molecule has 0 radical (unpaired) electrons. The molecule has 0 aliphatic heterocycles. The van der Waals surface area contributed by atoms with Crippen LogP contribution in [0.15, 0.2) is 16.6 Å². The molecule has 0 aromatic rings. The van der Waals surface area contributed by atoms with Gasteiger partial charge in [-0.3, -0.25) is 4.99 Å². The Morgan fingerprint density at radius 2 is 2.00 bits per heavy atom. The highest BCUT2D eigenvalue weighted by Crippen LogP contribution is 2.27. The summed E-state index contributed by atoms with van der Waals surface area (Å²) in [5, 5.41) is 0. The van der Waals surface area contributed by atoms with Crippen molar-refractivity contribution in [3.63, 3.8) is 0 Å². The van der Waals surface area contributed by atoms with Gasteiger partial charge in [0.1, 0.15) is 0 Å². The molecule has 0 aliphatic rings. The van der Waals surface area contributed by atoms with Crippen molar-refractivity contribution in [1.29, 1.82) is 0 Å². The maximum absolute atomic E-state index is 5.52. The van der Waals surface area contributed by atoms with Gasteiger partial charge in [-0.1, -0.05) is 33.8 Å². The first-order chi connectivity index (χ1) is 6.47. The summed E-state index contributed by atoms with van der Waals surface area (Å²) in [4.78, 5) is 4.06. The van der Waals surface area contributed by atoms with Gasteiger partial charge < -0.3 is 4.74 Å². The third kappa shape index (κ3) is 4.05. The Kier molecular flexibility index (Phi) is 5.70. The van der Waals surface area contributed by atoms with Crippen molar-refractivity contribution in [3.8, 4) is 0 Å². The number of nitrogens with zero attached hydrogens (tertiary/aromatic N) is 1. The number of rotatable bonds is 4. The van der Waals surface area contributed by atoms with Crippen LogP contribution in [-0.4, -0.2) is 26.5 Å². The van der Waals surface area contributed by atoms with Crippen LogP contribution in [0.4, 0.5) is 0 Å². The molecule has 0 spiro atoms. The molecule has 2 nitrogen and oxygen atoms in total. The van der Waals surface area contributed by atoms with E-state index < -0.39 is 0 Å². The molecule has 0 heterocycles. The van der Waals surface area contributed by atoms with E-state index in [1.165, 1.54) is 5.57 Å². The molecular weight excluding hydrogens is 174 g/mol. The topological polar surface area (TPSA) is 21.6 Å². The number of hydrogen-bond acceptors (Lipinski definition) is 2. The van der Waals surface area contributed by atoms with Gasteiger partial charge in [0, 0.05) is 20.4 Å². The Balaban J connectivity index is 4.87. The lowest BCUT2D eigenvalue weighted by Gasteiger charge is -2.30. The molecule has 0 fully saturated rings. The normalized spacial score (nSPS) is 16.3. The number of allylic oxidation sites excluding steroid dienone is 1. The van der Waals surface area contributed by atoms with Gasteiger partial charge in [-0.15, -0.1) is 0 Å². The zero-order chi connectivity index (χ0) is 11.2. The Morgan fingerprint density at radius 3 is 2.29 bits per heavy atom. The summed E-state index contributed by atoms with van der Waals surface area (Å²) in [6.07, 6.45) is 5.19. The predicted octanol–water partition coefficient (Wildman–Crippen LogP) is 3.08. The van der Waals surface area contributed by atoms with Gasteiger partial charge in [0.05, 0.1) is 6.10 Å². The Bertz CT molecular complexity index is 211. The molecule has 14 heavy (non-hydrogen) atoms. The third-order valence-electron chi connectivity index (χ3n) is 2.04. The van der Waals surface area contributed by atoms with Crippen molar-refractivity contribution in [1.82, 2.24) is 0 Å². The molecule has 0 aliphatic carbocycles. The van der Waals surface area contributed by atoms with Crippen molar-refractivity contribution >= 4 is 6.21 Å². The number of methoxy groups -OCH3 is 1. The van der Waals surface area contributed by atoms with Gasteiger partial charge in [0.15, 0.2) is 0 Å². The van der Waals surface area contributed by atoms with E-state index in [0.29, 0.717) is 0 Å². The van der Waals surface area contributed by atoms with Crippen LogP contribution < -0.4 is 0 Å². The molecule has 0 aromatic heterocycles. The first kappa shape index (κ1) is 13.4. The van der Waals surface area contributed by atoms with Crippen LogP contribution in [-0.2, 0) is 4.74 Å². The second-order valence-electron chi connectivity index (χ2n) is 4.48. The van der Waals surface area contributed by atoms with Crippen molar-refractivity contribution in [2.24, 2.45) is 10.4 Å². The summed E-state index contributed by atoms with van der Waals surface area (Å²) in [7, 11) is 3.54. The van der Waals surface area contributed by atoms with Crippen LogP contribution in [0.1, 0.15) is 34.1 Å². The van der Waals surface area contributed by atoms with Crippen molar-refractivity contribution in [2.75, 3.05) is 14.2 Å². The fourth-order valence-electron chi connectivity index (χ4n) is 1.60. The van der Waals surface area contributed by atoms with Crippen LogP contribution >= 0.6 is 0 Å². The predicted molar refractivity (Wildman–Crippen MR) is 63.0 cm³/mol. The SMILES string of the molecule is CC/C=C(\C=NC)C(OC)C(C)(C)C. The summed E-state index contributed by atoms with van der Waals surface area (Å²) < 4.78 is 5.52. The highest BCUT2D eigenvalue weighted by atomic mass is 16.5. The van der Waals surface area contributed by atoms with Gasteiger partial charge in [-0.25, -0.2) is 0 Å². The Morgan fingerprint density at radius 1 is 1.43 bits per heavy atom. The average molecular weight is 197 g/mol. The summed E-state index contributed by atoms with van der Waals surface area (Å²) in [5.74, 6) is 0. The minimum atomic E-state index is 0.108. The lowest BCUT2D eigenvalue weighted by Crippen LogP contribution is -2.30. The molecule has 0 bridgehead atoms. The van der Waals surface area contributed by atoms with E-state index in [9.17, 15) is 0 Å². The second-order valence-corrected chi connectivity index (χ2v) is 4.48. The van der Waals surface area contributed by atoms with Crippen LogP contribution in [0.25, 0.3) is 0 Å². The maximum Gasteiger partial charge on any atom is 0.0880 e. The number of ether oxygens (including phenoxy) is 1. The summed E-state index contributed by atoms with van der Waals surface area (Å²) in [5.41, 5.74) is 1.28. The summed E-state index contributed by atoms with van der Waals surface area (Å²) in [6.45, 7) is 8.65. The van der Waals surface area contributed by atoms with Crippen LogP contribution in [0.3, 0.4) is 0 Å². The van der Waals surface area contributed by atoms with E-state index in [1.807, 2.05) is 6.21 Å². The van der Waals surface area contributed by atoms with Gasteiger partial charge in [0.2, 0.25) is 0 Å². The van der Waals surface area contributed by atoms with E-state index >= 15 is 0 Å². The van der Waals surface area contributed by atoms with Crippen molar-refractivity contribution < 1.29 is 4.74 Å².